The molecular formula is C11H10BrN3O2. The van der Waals surface area contributed by atoms with Gasteiger partial charge in [-0.25, -0.2) is 4.98 Å². The fraction of sp³-hybridized carbons (Fsp3) is 0.182. The first-order chi connectivity index (χ1) is 8.11. The lowest BCUT2D eigenvalue weighted by atomic mass is 10.3. The van der Waals surface area contributed by atoms with Crippen molar-refractivity contribution in [2.45, 2.75) is 6.54 Å². The van der Waals surface area contributed by atoms with Crippen LogP contribution in [-0.2, 0) is 11.3 Å². The smallest absolute Gasteiger partial charge is 0.252 e. The third-order valence-corrected chi connectivity index (χ3v) is 2.82. The Morgan fingerprint density at radius 3 is 2.82 bits per heavy atom. The summed E-state index contributed by atoms with van der Waals surface area (Å²) in [4.78, 5) is 27.3. The minimum absolute atomic E-state index is 0.0316. The van der Waals surface area contributed by atoms with Crippen LogP contribution in [0.4, 0.5) is 0 Å². The summed E-state index contributed by atoms with van der Waals surface area (Å²) in [7, 11) is 1.53. The topological polar surface area (TPSA) is 64.0 Å². The average molecular weight is 296 g/mol. The van der Waals surface area contributed by atoms with Crippen LogP contribution in [0, 0.1) is 0 Å². The first-order valence-electron chi connectivity index (χ1n) is 4.98. The molecule has 0 atom stereocenters. The number of rotatable bonds is 2. The number of hydrogen-bond acceptors (Lipinski definition) is 3. The number of carbonyl (C=O) groups excluding carboxylic acids is 1. The van der Waals surface area contributed by atoms with Crippen molar-refractivity contribution in [3.63, 3.8) is 0 Å². The van der Waals surface area contributed by atoms with E-state index in [2.05, 4.69) is 26.2 Å². The van der Waals surface area contributed by atoms with Gasteiger partial charge in [0, 0.05) is 18.5 Å². The van der Waals surface area contributed by atoms with Gasteiger partial charge in [0.05, 0.1) is 0 Å². The maximum atomic E-state index is 11.7. The summed E-state index contributed by atoms with van der Waals surface area (Å²) in [6.07, 6.45) is 0. The Morgan fingerprint density at radius 2 is 2.12 bits per heavy atom. The first kappa shape index (κ1) is 11.8. The van der Waals surface area contributed by atoms with E-state index >= 15 is 0 Å². The molecule has 0 saturated heterocycles. The lowest BCUT2D eigenvalue weighted by Crippen LogP contribution is -2.30. The minimum atomic E-state index is -0.244. The lowest BCUT2D eigenvalue weighted by molar-refractivity contribution is -0.121. The molecule has 0 unspecified atom stereocenters. The summed E-state index contributed by atoms with van der Waals surface area (Å²) >= 11 is 3.25. The molecule has 2 aromatic rings. The van der Waals surface area contributed by atoms with Gasteiger partial charge in [-0.15, -0.1) is 0 Å². The van der Waals surface area contributed by atoms with Gasteiger partial charge >= 0.3 is 0 Å². The molecule has 1 amide bonds. The van der Waals surface area contributed by atoms with Crippen LogP contribution in [0.5, 0.6) is 0 Å². The number of fused-ring (bicyclic) bond motifs is 1. The normalized spacial score (nSPS) is 10.5. The van der Waals surface area contributed by atoms with E-state index in [1.807, 2.05) is 6.07 Å². The van der Waals surface area contributed by atoms with Gasteiger partial charge in [-0.2, -0.15) is 0 Å². The maximum Gasteiger partial charge on any atom is 0.252 e. The second-order valence-corrected chi connectivity index (χ2v) is 4.29. The van der Waals surface area contributed by atoms with E-state index in [1.165, 1.54) is 17.7 Å². The van der Waals surface area contributed by atoms with Gasteiger partial charge in [-0.3, -0.25) is 14.2 Å². The Bertz CT molecular complexity index is 636. The fourth-order valence-corrected chi connectivity index (χ4v) is 1.81. The number of carbonyl (C=O) groups is 1. The number of likely N-dealkylation sites (N-methyl/N-ethyl adjacent to an activating group) is 1. The molecule has 2 aromatic heterocycles. The zero-order valence-electron chi connectivity index (χ0n) is 9.11. The monoisotopic (exact) mass is 295 g/mol. The Hall–Kier alpha value is -1.69. The van der Waals surface area contributed by atoms with Crippen LogP contribution in [0.1, 0.15) is 0 Å². The third kappa shape index (κ3) is 2.36. The Balaban J connectivity index is 2.66. The van der Waals surface area contributed by atoms with Gasteiger partial charge in [-0.1, -0.05) is 0 Å². The van der Waals surface area contributed by atoms with Crippen LogP contribution in [0.25, 0.3) is 11.0 Å². The van der Waals surface area contributed by atoms with Crippen molar-refractivity contribution in [2.24, 2.45) is 0 Å². The van der Waals surface area contributed by atoms with Crippen molar-refractivity contribution >= 4 is 32.9 Å². The third-order valence-electron chi connectivity index (χ3n) is 2.38. The van der Waals surface area contributed by atoms with Gasteiger partial charge in [-0.05, 0) is 34.1 Å². The molecule has 1 N–H and O–H groups in total. The molecule has 0 bridgehead atoms. The molecule has 88 valence electrons. The van der Waals surface area contributed by atoms with E-state index in [0.717, 1.165) is 5.39 Å². The molecule has 6 heteroatoms. The highest BCUT2D eigenvalue weighted by Gasteiger charge is 2.08. The van der Waals surface area contributed by atoms with E-state index in [1.54, 1.807) is 12.1 Å². The number of amides is 1. The number of nitrogens with one attached hydrogen (secondary N) is 1. The minimum Gasteiger partial charge on any atom is -0.358 e. The van der Waals surface area contributed by atoms with E-state index in [0.29, 0.717) is 10.3 Å². The summed E-state index contributed by atoms with van der Waals surface area (Å²) < 4.78 is 1.97. The summed E-state index contributed by atoms with van der Waals surface area (Å²) in [6.45, 7) is -0.0316. The summed E-state index contributed by atoms with van der Waals surface area (Å²) in [5, 5.41) is 3.30. The standard InChI is InChI=1S/C11H10BrN3O2/c1-13-9(16)6-15-10(17)5-3-7-2-4-8(12)14-11(7)15/h2-5H,6H2,1H3,(H,13,16). The maximum absolute atomic E-state index is 11.7. The van der Waals surface area contributed by atoms with Crippen LogP contribution >= 0.6 is 15.9 Å². The molecule has 2 heterocycles. The molecule has 5 nitrogen and oxygen atoms in total. The van der Waals surface area contributed by atoms with Gasteiger partial charge in [0.2, 0.25) is 5.91 Å². The van der Waals surface area contributed by atoms with Crippen LogP contribution in [0.3, 0.4) is 0 Å². The van der Waals surface area contributed by atoms with E-state index in [-0.39, 0.29) is 18.0 Å². The number of pyridine rings is 2. The van der Waals surface area contributed by atoms with Crippen LogP contribution in [-0.4, -0.2) is 22.5 Å². The highest BCUT2D eigenvalue weighted by Crippen LogP contribution is 2.13. The molecule has 0 aromatic carbocycles. The molecule has 17 heavy (non-hydrogen) atoms. The van der Waals surface area contributed by atoms with Crippen LogP contribution in [0.2, 0.25) is 0 Å². The van der Waals surface area contributed by atoms with Crippen LogP contribution in [0.15, 0.2) is 33.7 Å². The van der Waals surface area contributed by atoms with Gasteiger partial charge < -0.3 is 5.32 Å². The summed E-state index contributed by atoms with van der Waals surface area (Å²) in [5.74, 6) is -0.235. The molecule has 0 aliphatic heterocycles. The zero-order valence-corrected chi connectivity index (χ0v) is 10.7. The molecule has 2 rings (SSSR count). The number of aromatic nitrogens is 2. The Kier molecular flexibility index (Phi) is 3.23. The van der Waals surface area contributed by atoms with Crippen molar-refractivity contribution in [1.29, 1.82) is 0 Å². The van der Waals surface area contributed by atoms with Crippen molar-refractivity contribution in [3.05, 3.63) is 39.2 Å². The molecule has 0 fully saturated rings. The highest BCUT2D eigenvalue weighted by atomic mass is 79.9. The van der Waals surface area contributed by atoms with E-state index in [4.69, 9.17) is 0 Å². The largest absolute Gasteiger partial charge is 0.358 e. The van der Waals surface area contributed by atoms with E-state index < -0.39 is 0 Å². The predicted octanol–water partition coefficient (Wildman–Crippen LogP) is 0.905. The number of hydrogen-bond donors (Lipinski definition) is 1. The second kappa shape index (κ2) is 4.67. The zero-order chi connectivity index (χ0) is 12.4. The van der Waals surface area contributed by atoms with Gasteiger partial charge in [0.25, 0.3) is 5.56 Å². The van der Waals surface area contributed by atoms with Crippen molar-refractivity contribution in [3.8, 4) is 0 Å². The SMILES string of the molecule is CNC(=O)Cn1c(=O)ccc2ccc(Br)nc21. The Labute approximate surface area is 106 Å². The lowest BCUT2D eigenvalue weighted by Gasteiger charge is -2.08. The second-order valence-electron chi connectivity index (χ2n) is 3.48. The quantitative estimate of drug-likeness (QED) is 0.838. The van der Waals surface area contributed by atoms with Gasteiger partial charge in [0.1, 0.15) is 16.8 Å². The van der Waals surface area contributed by atoms with Crippen molar-refractivity contribution in [2.75, 3.05) is 7.05 Å². The highest BCUT2D eigenvalue weighted by molar-refractivity contribution is 9.10. The first-order valence-corrected chi connectivity index (χ1v) is 5.78. The fourth-order valence-electron chi connectivity index (χ4n) is 1.51. The molecule has 0 radical (unpaired) electrons. The number of nitrogens with zero attached hydrogens (tertiary/aromatic N) is 2. The molecule has 0 aliphatic rings. The average Bonchev–Trinajstić information content (AvgIpc) is 2.32. The van der Waals surface area contributed by atoms with Crippen LogP contribution < -0.4 is 10.9 Å². The number of halogens is 1. The summed E-state index contributed by atoms with van der Waals surface area (Å²) in [6, 6.07) is 6.75. The summed E-state index contributed by atoms with van der Waals surface area (Å²) in [5.41, 5.74) is 0.252. The van der Waals surface area contributed by atoms with Crippen molar-refractivity contribution in [1.82, 2.24) is 14.9 Å². The van der Waals surface area contributed by atoms with Gasteiger partial charge in [0.15, 0.2) is 0 Å². The van der Waals surface area contributed by atoms with Crippen molar-refractivity contribution < 1.29 is 4.79 Å². The predicted molar refractivity (Wildman–Crippen MR) is 67.8 cm³/mol. The van der Waals surface area contributed by atoms with E-state index in [9.17, 15) is 9.59 Å². The molecule has 0 aliphatic carbocycles. The molecule has 0 saturated carbocycles. The molecular weight excluding hydrogens is 286 g/mol. The Morgan fingerprint density at radius 1 is 1.41 bits per heavy atom. The molecule has 0 spiro atoms.